The number of hydrogen-bond acceptors (Lipinski definition) is 2. The molecule has 1 saturated carbocycles. The van der Waals surface area contributed by atoms with Gasteiger partial charge < -0.3 is 5.11 Å². The molecule has 1 N–H and O–H groups in total. The van der Waals surface area contributed by atoms with Crippen molar-refractivity contribution in [1.29, 1.82) is 0 Å². The van der Waals surface area contributed by atoms with Crippen molar-refractivity contribution < 1.29 is 5.11 Å². The second kappa shape index (κ2) is 3.07. The highest BCUT2D eigenvalue weighted by Gasteiger charge is 2.57. The van der Waals surface area contributed by atoms with Crippen LogP contribution in [0.25, 0.3) is 0 Å². The van der Waals surface area contributed by atoms with Crippen LogP contribution in [0.1, 0.15) is 50.3 Å². The molecule has 1 fully saturated rings. The number of aryl methyl sites for hydroxylation is 1. The van der Waals surface area contributed by atoms with Gasteiger partial charge in [0.05, 0.1) is 5.60 Å². The second-order valence-electron chi connectivity index (χ2n) is 5.85. The van der Waals surface area contributed by atoms with Crippen LogP contribution in [0.15, 0.2) is 18.3 Å². The number of rotatable bonds is 2. The Morgan fingerprint density at radius 3 is 2.94 bits per heavy atom. The van der Waals surface area contributed by atoms with Gasteiger partial charge in [-0.3, -0.25) is 4.98 Å². The number of nitrogens with zero attached hydrogens (tertiary/aromatic N) is 1. The number of aromatic nitrogens is 1. The first-order valence-electron chi connectivity index (χ1n) is 6.21. The molecule has 2 aliphatic rings. The van der Waals surface area contributed by atoms with Crippen LogP contribution in [-0.4, -0.2) is 15.7 Å². The fourth-order valence-electron chi connectivity index (χ4n) is 3.07. The van der Waals surface area contributed by atoms with Gasteiger partial charge in [0.2, 0.25) is 0 Å². The summed E-state index contributed by atoms with van der Waals surface area (Å²) >= 11 is 0. The predicted octanol–water partition coefficient (Wildman–Crippen LogP) is 2.66. The molecule has 86 valence electrons. The summed E-state index contributed by atoms with van der Waals surface area (Å²) in [4.78, 5) is 4.49. The summed E-state index contributed by atoms with van der Waals surface area (Å²) in [6, 6.07) is 4.14. The Hall–Kier alpha value is -0.890. The fourth-order valence-corrected chi connectivity index (χ4v) is 3.07. The predicted molar refractivity (Wildman–Crippen MR) is 63.3 cm³/mol. The Morgan fingerprint density at radius 2 is 2.25 bits per heavy atom. The maximum atomic E-state index is 10.8. The van der Waals surface area contributed by atoms with Crippen molar-refractivity contribution in [3.8, 4) is 0 Å². The molecular formula is C14H19NO. The molecule has 2 atom stereocenters. The average molecular weight is 217 g/mol. The van der Waals surface area contributed by atoms with E-state index >= 15 is 0 Å². The topological polar surface area (TPSA) is 33.1 Å². The Kier molecular flexibility index (Phi) is 1.97. The van der Waals surface area contributed by atoms with Gasteiger partial charge >= 0.3 is 0 Å². The Labute approximate surface area is 96.7 Å². The summed E-state index contributed by atoms with van der Waals surface area (Å²) in [5.41, 5.74) is 2.00. The minimum atomic E-state index is -0.591. The summed E-state index contributed by atoms with van der Waals surface area (Å²) in [5.74, 6) is 0.233. The lowest BCUT2D eigenvalue weighted by molar-refractivity contribution is -0.0337. The van der Waals surface area contributed by atoms with Crippen LogP contribution in [-0.2, 0) is 6.42 Å². The highest BCUT2D eigenvalue weighted by atomic mass is 16.3. The molecule has 0 amide bonds. The first-order chi connectivity index (χ1) is 7.55. The summed E-state index contributed by atoms with van der Waals surface area (Å²) in [6.45, 7) is 4.21. The third kappa shape index (κ3) is 1.26. The van der Waals surface area contributed by atoms with Crippen molar-refractivity contribution in [1.82, 2.24) is 4.98 Å². The Balaban J connectivity index is 1.98. The van der Waals surface area contributed by atoms with Crippen LogP contribution in [0.4, 0.5) is 0 Å². The van der Waals surface area contributed by atoms with Gasteiger partial charge in [-0.1, -0.05) is 13.0 Å². The van der Waals surface area contributed by atoms with Crippen LogP contribution < -0.4 is 0 Å². The van der Waals surface area contributed by atoms with Crippen molar-refractivity contribution in [2.24, 2.45) is 5.41 Å². The first-order valence-corrected chi connectivity index (χ1v) is 6.21. The maximum absolute atomic E-state index is 10.8. The van der Waals surface area contributed by atoms with E-state index in [1.807, 2.05) is 19.2 Å². The molecule has 16 heavy (non-hydrogen) atoms. The van der Waals surface area contributed by atoms with E-state index in [9.17, 15) is 5.11 Å². The van der Waals surface area contributed by atoms with Crippen LogP contribution in [0.2, 0.25) is 0 Å². The van der Waals surface area contributed by atoms with Gasteiger partial charge in [0.25, 0.3) is 0 Å². The Morgan fingerprint density at radius 1 is 1.50 bits per heavy atom. The average Bonchev–Trinajstić information content (AvgIpc) is 2.88. The van der Waals surface area contributed by atoms with Gasteiger partial charge in [0.1, 0.15) is 0 Å². The molecule has 0 bridgehead atoms. The minimum Gasteiger partial charge on any atom is -0.389 e. The zero-order valence-corrected chi connectivity index (χ0v) is 10.0. The van der Waals surface area contributed by atoms with Gasteiger partial charge in [0.15, 0.2) is 0 Å². The monoisotopic (exact) mass is 217 g/mol. The molecule has 2 unspecified atom stereocenters. The van der Waals surface area contributed by atoms with E-state index in [0.717, 1.165) is 31.4 Å². The van der Waals surface area contributed by atoms with E-state index in [-0.39, 0.29) is 11.3 Å². The molecule has 3 rings (SSSR count). The molecule has 2 nitrogen and oxygen atoms in total. The number of pyridine rings is 1. The first kappa shape index (κ1) is 10.3. The van der Waals surface area contributed by atoms with Crippen LogP contribution in [0.3, 0.4) is 0 Å². The van der Waals surface area contributed by atoms with Crippen molar-refractivity contribution in [3.63, 3.8) is 0 Å². The van der Waals surface area contributed by atoms with Gasteiger partial charge in [0, 0.05) is 17.8 Å². The van der Waals surface area contributed by atoms with Crippen LogP contribution in [0.5, 0.6) is 0 Å². The van der Waals surface area contributed by atoms with E-state index in [1.54, 1.807) is 0 Å². The number of hydrogen-bond donors (Lipinski definition) is 1. The van der Waals surface area contributed by atoms with E-state index in [1.165, 1.54) is 5.56 Å². The quantitative estimate of drug-likeness (QED) is 0.826. The van der Waals surface area contributed by atoms with Crippen molar-refractivity contribution in [3.05, 3.63) is 29.6 Å². The van der Waals surface area contributed by atoms with Crippen molar-refractivity contribution >= 4 is 0 Å². The molecule has 0 radical (unpaired) electrons. The lowest BCUT2D eigenvalue weighted by atomic mass is 9.75. The highest BCUT2D eigenvalue weighted by molar-refractivity contribution is 5.32. The molecule has 1 heterocycles. The van der Waals surface area contributed by atoms with E-state index in [2.05, 4.69) is 18.0 Å². The van der Waals surface area contributed by atoms with Gasteiger partial charge in [-0.05, 0) is 49.7 Å². The highest BCUT2D eigenvalue weighted by Crippen LogP contribution is 2.59. The van der Waals surface area contributed by atoms with Gasteiger partial charge in [-0.15, -0.1) is 0 Å². The maximum Gasteiger partial charge on any atom is 0.0756 e. The molecule has 2 aliphatic carbocycles. The minimum absolute atomic E-state index is 0.122. The molecule has 0 saturated heterocycles. The third-order valence-corrected chi connectivity index (χ3v) is 4.86. The lowest BCUT2D eigenvalue weighted by Crippen LogP contribution is -2.40. The number of aliphatic hydroxyl groups is 1. The number of fused-ring (bicyclic) bond motifs is 1. The summed E-state index contributed by atoms with van der Waals surface area (Å²) in [7, 11) is 0. The molecular weight excluding hydrogens is 198 g/mol. The van der Waals surface area contributed by atoms with Gasteiger partial charge in [-0.2, -0.15) is 0 Å². The normalized spacial score (nSPS) is 29.6. The summed E-state index contributed by atoms with van der Waals surface area (Å²) in [5, 5.41) is 10.8. The Bertz CT molecular complexity index is 420. The molecule has 0 aliphatic heterocycles. The van der Waals surface area contributed by atoms with Crippen LogP contribution in [0, 0.1) is 5.41 Å². The molecule has 1 aromatic heterocycles. The SMILES string of the molecule is CC1(C(C)(O)C2CCc3cccnc32)CC1. The molecule has 0 aromatic carbocycles. The smallest absolute Gasteiger partial charge is 0.0756 e. The standard InChI is InChI=1S/C14H19NO/c1-13(7-8-13)14(2,16)11-6-5-10-4-3-9-15-12(10)11/h3-4,9,11,16H,5-8H2,1-2H3. The van der Waals surface area contributed by atoms with E-state index in [0.29, 0.717) is 0 Å². The van der Waals surface area contributed by atoms with Gasteiger partial charge in [-0.25, -0.2) is 0 Å². The molecule has 2 heteroatoms. The summed E-state index contributed by atoms with van der Waals surface area (Å²) < 4.78 is 0. The second-order valence-corrected chi connectivity index (χ2v) is 5.85. The largest absolute Gasteiger partial charge is 0.389 e. The third-order valence-electron chi connectivity index (χ3n) is 4.86. The zero-order valence-electron chi connectivity index (χ0n) is 10.0. The summed E-state index contributed by atoms with van der Waals surface area (Å²) in [6.07, 6.45) is 6.27. The zero-order chi connectivity index (χ0) is 11.4. The molecule has 0 spiro atoms. The molecule has 1 aromatic rings. The lowest BCUT2D eigenvalue weighted by Gasteiger charge is -2.36. The van der Waals surface area contributed by atoms with Crippen LogP contribution >= 0.6 is 0 Å². The van der Waals surface area contributed by atoms with Crippen molar-refractivity contribution in [2.75, 3.05) is 0 Å². The van der Waals surface area contributed by atoms with Crippen molar-refractivity contribution in [2.45, 2.75) is 51.0 Å². The van der Waals surface area contributed by atoms with E-state index < -0.39 is 5.60 Å². The van der Waals surface area contributed by atoms with E-state index in [4.69, 9.17) is 0 Å². The fraction of sp³-hybridized carbons (Fsp3) is 0.643.